The number of nitrogens with zero attached hydrogens (tertiary/aromatic N) is 1. The van der Waals surface area contributed by atoms with Gasteiger partial charge in [0, 0.05) is 51.6 Å². The monoisotopic (exact) mass is 610 g/mol. The van der Waals surface area contributed by atoms with Crippen molar-refractivity contribution in [3.8, 4) is 0 Å². The highest BCUT2D eigenvalue weighted by Crippen LogP contribution is 2.27. The molecule has 2 aliphatic rings. The number of aromatic nitrogens is 2. The lowest BCUT2D eigenvalue weighted by Crippen LogP contribution is -2.15. The summed E-state index contributed by atoms with van der Waals surface area (Å²) in [6, 6.07) is 0. The van der Waals surface area contributed by atoms with Crippen LogP contribution in [0.2, 0.25) is 0 Å². The maximum atomic E-state index is 12.4. The van der Waals surface area contributed by atoms with Gasteiger partial charge < -0.3 is 24.8 Å². The van der Waals surface area contributed by atoms with E-state index < -0.39 is 0 Å². The van der Waals surface area contributed by atoms with Crippen molar-refractivity contribution in [1.29, 1.82) is 0 Å². The molecule has 45 heavy (non-hydrogen) atoms. The van der Waals surface area contributed by atoms with Gasteiger partial charge in [0.1, 0.15) is 0 Å². The molecule has 4 heterocycles. The van der Waals surface area contributed by atoms with Crippen LogP contribution in [0.3, 0.4) is 0 Å². The van der Waals surface area contributed by atoms with Gasteiger partial charge in [0.15, 0.2) is 0 Å². The zero-order chi connectivity index (χ0) is 33.0. The molecule has 0 radical (unpaired) electrons. The number of carbonyl (C=O) groups excluding carboxylic acids is 4. The molecule has 0 bridgehead atoms. The summed E-state index contributed by atoms with van der Waals surface area (Å²) < 4.78 is 9.80. The minimum absolute atomic E-state index is 0.167. The van der Waals surface area contributed by atoms with Crippen LogP contribution in [0, 0.1) is 13.8 Å². The molecule has 10 nitrogen and oxygen atoms in total. The van der Waals surface area contributed by atoms with E-state index in [1.54, 1.807) is 13.0 Å². The maximum Gasteiger partial charge on any atom is 0.305 e. The van der Waals surface area contributed by atoms with Gasteiger partial charge in [-0.15, -0.1) is 0 Å². The van der Waals surface area contributed by atoms with Crippen LogP contribution in [0.15, 0.2) is 58.3 Å². The van der Waals surface area contributed by atoms with Crippen molar-refractivity contribution in [2.75, 3.05) is 14.2 Å². The van der Waals surface area contributed by atoms with Crippen LogP contribution < -0.4 is 16.0 Å². The number of aliphatic imine (C=N–C) groups is 1. The van der Waals surface area contributed by atoms with Crippen LogP contribution in [-0.2, 0) is 41.5 Å². The number of methoxy groups -OCH3 is 2. The normalized spacial score (nSPS) is 16.6. The fourth-order valence-corrected chi connectivity index (χ4v) is 5.54. The first-order chi connectivity index (χ1) is 21.4. The Balaban J connectivity index is 1.92. The number of H-pyrrole nitrogens is 2. The molecule has 0 spiro atoms. The van der Waals surface area contributed by atoms with Gasteiger partial charge in [0.2, 0.25) is 0 Å². The van der Waals surface area contributed by atoms with Crippen LogP contribution in [0.5, 0.6) is 0 Å². The van der Waals surface area contributed by atoms with Gasteiger partial charge in [-0.3, -0.25) is 19.2 Å². The number of hydrogen-bond acceptors (Lipinski definition) is 6. The summed E-state index contributed by atoms with van der Waals surface area (Å²) in [7, 11) is 2.71. The van der Waals surface area contributed by atoms with Crippen LogP contribution in [0.1, 0.15) is 60.3 Å². The van der Waals surface area contributed by atoms with Crippen LogP contribution in [0.25, 0.3) is 18.2 Å². The molecule has 0 saturated heterocycles. The fourth-order valence-electron chi connectivity index (χ4n) is 5.54. The first kappa shape index (κ1) is 32.7. The van der Waals surface area contributed by atoms with Gasteiger partial charge in [-0.1, -0.05) is 25.3 Å². The van der Waals surface area contributed by atoms with Crippen LogP contribution in [0.4, 0.5) is 0 Å². The third-order valence-electron chi connectivity index (χ3n) is 8.31. The Bertz CT molecular complexity index is 1890. The molecule has 234 valence electrons. The van der Waals surface area contributed by atoms with E-state index in [0.717, 1.165) is 55.5 Å². The molecule has 0 fully saturated rings. The number of amides is 2. The average molecular weight is 611 g/mol. The quantitative estimate of drug-likeness (QED) is 0.334. The zero-order valence-electron chi connectivity index (χ0n) is 26.5. The smallest absolute Gasteiger partial charge is 0.305 e. The van der Waals surface area contributed by atoms with Crippen molar-refractivity contribution in [1.82, 2.24) is 15.3 Å². The molecule has 2 aromatic heterocycles. The number of carbonyl (C=O) groups is 4. The largest absolute Gasteiger partial charge is 0.469 e. The van der Waals surface area contributed by atoms with Gasteiger partial charge in [-0.25, -0.2) is 4.99 Å². The van der Waals surface area contributed by atoms with E-state index in [-0.39, 0.29) is 36.6 Å². The molecule has 0 atom stereocenters. The Morgan fingerprint density at radius 2 is 1.38 bits per heavy atom. The number of ether oxygens (including phenoxy) is 2. The third kappa shape index (κ3) is 6.64. The van der Waals surface area contributed by atoms with E-state index in [4.69, 9.17) is 9.47 Å². The lowest BCUT2D eigenvalue weighted by Gasteiger charge is -2.04. The zero-order valence-corrected chi connectivity index (χ0v) is 26.5. The number of aromatic amines is 2. The summed E-state index contributed by atoms with van der Waals surface area (Å²) in [5.41, 5.74) is 8.76. The van der Waals surface area contributed by atoms with Crippen molar-refractivity contribution in [2.24, 2.45) is 4.99 Å². The van der Waals surface area contributed by atoms with Crippen molar-refractivity contribution >= 4 is 47.7 Å². The number of rotatable bonds is 11. The van der Waals surface area contributed by atoms with Crippen LogP contribution in [-0.4, -0.2) is 53.7 Å². The lowest BCUT2D eigenvalue weighted by molar-refractivity contribution is -0.141. The average Bonchev–Trinajstić information content (AvgIpc) is 3.66. The van der Waals surface area contributed by atoms with E-state index in [0.29, 0.717) is 35.4 Å². The molecule has 3 N–H and O–H groups in total. The van der Waals surface area contributed by atoms with Gasteiger partial charge in [-0.05, 0) is 86.6 Å². The molecular weight excluding hydrogens is 572 g/mol. The SMILES string of the molecule is C=CC1=C(C)C(C=c2[nH]/c(=C/c3[nH]c(/C=C4/NC(=O)C(C)=C4C=C)c(C)c3CCC(=O)OC)c(CCC(=O)OC)c2C)=NC1=O. The second-order valence-electron chi connectivity index (χ2n) is 10.9. The van der Waals surface area contributed by atoms with Gasteiger partial charge in [0.25, 0.3) is 11.8 Å². The Kier molecular flexibility index (Phi) is 9.86. The minimum Gasteiger partial charge on any atom is -0.469 e. The Morgan fingerprint density at radius 3 is 1.96 bits per heavy atom. The summed E-state index contributed by atoms with van der Waals surface area (Å²) in [5, 5.41) is 4.38. The molecule has 0 unspecified atom stereocenters. The molecule has 2 amide bonds. The minimum atomic E-state index is -0.337. The first-order valence-corrected chi connectivity index (χ1v) is 14.5. The van der Waals surface area contributed by atoms with Gasteiger partial charge in [-0.2, -0.15) is 0 Å². The molecule has 0 saturated carbocycles. The maximum absolute atomic E-state index is 12.4. The first-order valence-electron chi connectivity index (χ1n) is 14.5. The topological polar surface area (TPSA) is 143 Å². The predicted octanol–water partition coefficient (Wildman–Crippen LogP) is 3.24. The van der Waals surface area contributed by atoms with Crippen molar-refractivity contribution < 1.29 is 28.7 Å². The van der Waals surface area contributed by atoms with Crippen molar-refractivity contribution in [2.45, 2.75) is 53.4 Å². The third-order valence-corrected chi connectivity index (χ3v) is 8.31. The summed E-state index contributed by atoms with van der Waals surface area (Å²) in [6.45, 7) is 15.1. The number of allylic oxidation sites excluding steroid dienone is 2. The highest BCUT2D eigenvalue weighted by atomic mass is 16.5. The number of nitrogens with one attached hydrogen (secondary N) is 3. The molecular formula is C35H38N4O6. The highest BCUT2D eigenvalue weighted by Gasteiger charge is 2.23. The Hall–Kier alpha value is -5.25. The molecule has 4 rings (SSSR count). The summed E-state index contributed by atoms with van der Waals surface area (Å²) >= 11 is 0. The molecule has 2 aromatic rings. The van der Waals surface area contributed by atoms with Crippen LogP contribution >= 0.6 is 0 Å². The van der Waals surface area contributed by atoms with E-state index in [2.05, 4.69) is 33.4 Å². The van der Waals surface area contributed by atoms with E-state index in [1.165, 1.54) is 20.3 Å². The predicted molar refractivity (Wildman–Crippen MR) is 173 cm³/mol. The Morgan fingerprint density at radius 1 is 0.756 bits per heavy atom. The van der Waals surface area contributed by atoms with Crippen molar-refractivity contribution in [3.63, 3.8) is 0 Å². The number of esters is 2. The van der Waals surface area contributed by atoms with Gasteiger partial charge in [0.05, 0.1) is 25.6 Å². The summed E-state index contributed by atoms with van der Waals surface area (Å²) in [4.78, 5) is 60.1. The van der Waals surface area contributed by atoms with E-state index >= 15 is 0 Å². The molecule has 10 heteroatoms. The Labute approximate surface area is 261 Å². The second-order valence-corrected chi connectivity index (χ2v) is 10.9. The lowest BCUT2D eigenvalue weighted by atomic mass is 10.0. The number of hydrogen-bond donors (Lipinski definition) is 3. The van der Waals surface area contributed by atoms with E-state index in [9.17, 15) is 19.2 Å². The summed E-state index contributed by atoms with van der Waals surface area (Å²) in [6.07, 6.45) is 9.92. The van der Waals surface area contributed by atoms with E-state index in [1.807, 2.05) is 39.0 Å². The fraction of sp³-hybridized carbons (Fsp3) is 0.286. The van der Waals surface area contributed by atoms with Crippen molar-refractivity contribution in [3.05, 3.63) is 97.6 Å². The molecule has 0 aromatic carbocycles. The standard InChI is InChI=1S/C35H38N4O6/c1-9-22-21(6)34(42)39-29(22)16-27-20(5)25(12-14-33(41)45-8)31(37-27)17-30-24(11-13-32(40)44-7)19(4)26(36-30)15-28-18(3)23(10-2)35(43)38-28/h9-10,15-17,36-37H,1-2,11-14H2,3-8H3,(H,39,42)/b26-15?,29-16+,30-17+. The summed E-state index contributed by atoms with van der Waals surface area (Å²) in [5.74, 6) is -1.19. The second kappa shape index (κ2) is 13.6. The van der Waals surface area contributed by atoms with Gasteiger partial charge >= 0.3 is 11.9 Å². The highest BCUT2D eigenvalue weighted by molar-refractivity contribution is 6.31. The molecule has 0 aliphatic carbocycles. The molecule has 2 aliphatic heterocycles.